The van der Waals surface area contributed by atoms with Gasteiger partial charge in [0.1, 0.15) is 5.75 Å². The number of aliphatic hydroxyl groups is 1. The highest BCUT2D eigenvalue weighted by Gasteiger charge is 2.32. The molecule has 1 aromatic rings. The molecule has 0 aromatic heterocycles. The van der Waals surface area contributed by atoms with Crippen molar-refractivity contribution >= 4 is 11.8 Å². The topological polar surface area (TPSA) is 70.1 Å². The van der Waals surface area contributed by atoms with Crippen molar-refractivity contribution in [2.45, 2.75) is 26.3 Å². The molecule has 1 saturated heterocycles. The first kappa shape index (κ1) is 18.3. The van der Waals surface area contributed by atoms with E-state index in [4.69, 9.17) is 9.84 Å². The van der Waals surface area contributed by atoms with Crippen LogP contribution in [-0.2, 0) is 16.1 Å². The molecule has 1 aliphatic rings. The summed E-state index contributed by atoms with van der Waals surface area (Å²) in [5, 5.41) is 9.08. The summed E-state index contributed by atoms with van der Waals surface area (Å²) in [5.41, 5.74) is 0.985. The number of ether oxygens (including phenoxy) is 1. The van der Waals surface area contributed by atoms with Crippen LogP contribution in [0.2, 0.25) is 0 Å². The maximum Gasteiger partial charge on any atom is 0.227 e. The summed E-state index contributed by atoms with van der Waals surface area (Å²) in [4.78, 5) is 28.2. The van der Waals surface area contributed by atoms with Gasteiger partial charge in [-0.25, -0.2) is 0 Å². The van der Waals surface area contributed by atoms with E-state index in [1.807, 2.05) is 31.2 Å². The first-order valence-electron chi connectivity index (χ1n) is 8.39. The molecule has 132 valence electrons. The van der Waals surface area contributed by atoms with Gasteiger partial charge in [-0.1, -0.05) is 12.1 Å². The Morgan fingerprint density at radius 2 is 2.25 bits per heavy atom. The molecule has 0 bridgehead atoms. The first-order chi connectivity index (χ1) is 11.6. The van der Waals surface area contributed by atoms with Gasteiger partial charge >= 0.3 is 0 Å². The Balaban J connectivity index is 2.04. The summed E-state index contributed by atoms with van der Waals surface area (Å²) < 4.78 is 5.22. The molecule has 6 nitrogen and oxygen atoms in total. The molecule has 0 spiro atoms. The van der Waals surface area contributed by atoms with Gasteiger partial charge in [-0.3, -0.25) is 9.59 Å². The molecule has 1 heterocycles. The van der Waals surface area contributed by atoms with Gasteiger partial charge in [0, 0.05) is 32.6 Å². The monoisotopic (exact) mass is 334 g/mol. The number of carbonyl (C=O) groups excluding carboxylic acids is 2. The Kier molecular flexibility index (Phi) is 6.61. The smallest absolute Gasteiger partial charge is 0.227 e. The van der Waals surface area contributed by atoms with Crippen molar-refractivity contribution in [3.63, 3.8) is 0 Å². The fourth-order valence-electron chi connectivity index (χ4n) is 3.06. The molecule has 2 rings (SSSR count). The summed E-state index contributed by atoms with van der Waals surface area (Å²) in [5.74, 6) is 0.659. The van der Waals surface area contributed by atoms with Gasteiger partial charge in [-0.15, -0.1) is 0 Å². The fraction of sp³-hybridized carbons (Fsp3) is 0.556. The van der Waals surface area contributed by atoms with Crippen LogP contribution in [0.1, 0.15) is 25.3 Å². The van der Waals surface area contributed by atoms with E-state index in [0.717, 1.165) is 11.3 Å². The zero-order chi connectivity index (χ0) is 17.5. The van der Waals surface area contributed by atoms with Crippen molar-refractivity contribution in [3.8, 4) is 5.75 Å². The molecule has 1 fully saturated rings. The molecular weight excluding hydrogens is 308 g/mol. The van der Waals surface area contributed by atoms with Crippen molar-refractivity contribution in [2.75, 3.05) is 33.4 Å². The average Bonchev–Trinajstić information content (AvgIpc) is 2.61. The Bertz CT molecular complexity index is 576. The lowest BCUT2D eigenvalue weighted by molar-refractivity contribution is -0.143. The molecule has 2 amide bonds. The SMILES string of the molecule is CCN(CCO)C(=O)[C@H]1CCC(=O)N(Cc2cccc(OC)c2)C1. The minimum Gasteiger partial charge on any atom is -0.497 e. The third kappa shape index (κ3) is 4.47. The molecule has 1 N–H and O–H groups in total. The van der Waals surface area contributed by atoms with Crippen molar-refractivity contribution in [1.82, 2.24) is 9.80 Å². The Labute approximate surface area is 143 Å². The highest BCUT2D eigenvalue weighted by molar-refractivity contribution is 5.83. The van der Waals surface area contributed by atoms with Crippen LogP contribution in [0, 0.1) is 5.92 Å². The van der Waals surface area contributed by atoms with E-state index in [1.165, 1.54) is 0 Å². The zero-order valence-corrected chi connectivity index (χ0v) is 14.4. The van der Waals surface area contributed by atoms with Crippen LogP contribution >= 0.6 is 0 Å². The maximum atomic E-state index is 12.6. The summed E-state index contributed by atoms with van der Waals surface area (Å²) in [7, 11) is 1.61. The molecule has 1 aliphatic heterocycles. The van der Waals surface area contributed by atoms with Gasteiger partial charge in [-0.05, 0) is 31.0 Å². The Hall–Kier alpha value is -2.08. The molecule has 24 heavy (non-hydrogen) atoms. The molecular formula is C18H26N2O4. The minimum absolute atomic E-state index is 0.0229. The molecule has 0 unspecified atom stereocenters. The lowest BCUT2D eigenvalue weighted by Crippen LogP contribution is -2.47. The second kappa shape index (κ2) is 8.68. The van der Waals surface area contributed by atoms with Crippen LogP contribution in [-0.4, -0.2) is 60.1 Å². The number of rotatable bonds is 7. The maximum absolute atomic E-state index is 12.6. The van der Waals surface area contributed by atoms with Gasteiger partial charge < -0.3 is 19.6 Å². The van der Waals surface area contributed by atoms with E-state index in [9.17, 15) is 9.59 Å². The quantitative estimate of drug-likeness (QED) is 0.815. The van der Waals surface area contributed by atoms with E-state index in [-0.39, 0.29) is 24.3 Å². The number of piperidine rings is 1. The first-order valence-corrected chi connectivity index (χ1v) is 8.39. The van der Waals surface area contributed by atoms with Gasteiger partial charge in [0.2, 0.25) is 11.8 Å². The third-order valence-corrected chi connectivity index (χ3v) is 4.42. The molecule has 1 aromatic carbocycles. The average molecular weight is 334 g/mol. The minimum atomic E-state index is -0.195. The van der Waals surface area contributed by atoms with Crippen LogP contribution in [0.3, 0.4) is 0 Å². The number of aliphatic hydroxyl groups excluding tert-OH is 1. The predicted octanol–water partition coefficient (Wildman–Crippen LogP) is 1.27. The lowest BCUT2D eigenvalue weighted by atomic mass is 9.95. The summed E-state index contributed by atoms with van der Waals surface area (Å²) in [6.45, 7) is 3.67. The van der Waals surface area contributed by atoms with Gasteiger partial charge in [0.15, 0.2) is 0 Å². The largest absolute Gasteiger partial charge is 0.497 e. The highest BCUT2D eigenvalue weighted by atomic mass is 16.5. The number of amides is 2. The van der Waals surface area contributed by atoms with Crippen LogP contribution in [0.4, 0.5) is 0 Å². The summed E-state index contributed by atoms with van der Waals surface area (Å²) in [6.07, 6.45) is 0.964. The van der Waals surface area contributed by atoms with Crippen LogP contribution in [0.5, 0.6) is 5.75 Å². The highest BCUT2D eigenvalue weighted by Crippen LogP contribution is 2.23. The van der Waals surface area contributed by atoms with E-state index < -0.39 is 0 Å². The molecule has 0 aliphatic carbocycles. The third-order valence-electron chi connectivity index (χ3n) is 4.42. The van der Waals surface area contributed by atoms with Crippen LogP contribution < -0.4 is 4.74 Å². The second-order valence-corrected chi connectivity index (χ2v) is 6.00. The second-order valence-electron chi connectivity index (χ2n) is 6.00. The number of hydrogen-bond acceptors (Lipinski definition) is 4. The normalized spacial score (nSPS) is 17.7. The van der Waals surface area contributed by atoms with Crippen molar-refractivity contribution in [2.24, 2.45) is 5.92 Å². The van der Waals surface area contributed by atoms with E-state index >= 15 is 0 Å². The molecule has 0 saturated carbocycles. The number of nitrogens with zero attached hydrogens (tertiary/aromatic N) is 2. The van der Waals surface area contributed by atoms with Crippen molar-refractivity contribution in [3.05, 3.63) is 29.8 Å². The van der Waals surface area contributed by atoms with Gasteiger partial charge in [-0.2, -0.15) is 0 Å². The summed E-state index contributed by atoms with van der Waals surface area (Å²) in [6, 6.07) is 7.61. The Morgan fingerprint density at radius 1 is 1.46 bits per heavy atom. The van der Waals surface area contributed by atoms with Crippen molar-refractivity contribution < 1.29 is 19.4 Å². The van der Waals surface area contributed by atoms with Gasteiger partial charge in [0.25, 0.3) is 0 Å². The standard InChI is InChI=1S/C18H26N2O4/c1-3-19(9-10-21)18(23)15-7-8-17(22)20(13-15)12-14-5-4-6-16(11-14)24-2/h4-6,11,15,21H,3,7-10,12-13H2,1-2H3/t15-/m0/s1. The zero-order valence-electron chi connectivity index (χ0n) is 14.4. The summed E-state index contributed by atoms with van der Waals surface area (Å²) >= 11 is 0. The fourth-order valence-corrected chi connectivity index (χ4v) is 3.06. The van der Waals surface area contributed by atoms with Crippen LogP contribution in [0.25, 0.3) is 0 Å². The lowest BCUT2D eigenvalue weighted by Gasteiger charge is -2.34. The Morgan fingerprint density at radius 3 is 2.92 bits per heavy atom. The van der Waals surface area contributed by atoms with Crippen LogP contribution in [0.15, 0.2) is 24.3 Å². The van der Waals surface area contributed by atoms with E-state index in [2.05, 4.69) is 0 Å². The number of likely N-dealkylation sites (tertiary alicyclic amines) is 1. The van der Waals surface area contributed by atoms with E-state index in [0.29, 0.717) is 39.0 Å². The molecule has 6 heteroatoms. The van der Waals surface area contributed by atoms with Crippen molar-refractivity contribution in [1.29, 1.82) is 0 Å². The molecule has 1 atom stereocenters. The molecule has 0 radical (unpaired) electrons. The number of methoxy groups -OCH3 is 1. The number of hydrogen-bond donors (Lipinski definition) is 1. The number of carbonyl (C=O) groups is 2. The number of likely N-dealkylation sites (N-methyl/N-ethyl adjacent to an activating group) is 1. The number of benzene rings is 1. The van der Waals surface area contributed by atoms with E-state index in [1.54, 1.807) is 16.9 Å². The van der Waals surface area contributed by atoms with Gasteiger partial charge in [0.05, 0.1) is 19.6 Å². The predicted molar refractivity (Wildman–Crippen MR) is 90.5 cm³/mol.